The lowest BCUT2D eigenvalue weighted by Gasteiger charge is -2.29. The van der Waals surface area contributed by atoms with Gasteiger partial charge in [-0.25, -0.2) is 0 Å². The summed E-state index contributed by atoms with van der Waals surface area (Å²) >= 11 is 5.48. The standard InChI is InChI=1S/C13H21ClO2/c1-2-3-4-10-5-9-6-11(10)12(7-9)16-13(15)8-14/h9-12H,2-8H2,1H3/t9-,10-,11-,12+/m0/s1. The van der Waals surface area contributed by atoms with Crippen LogP contribution in [0, 0.1) is 17.8 Å². The maximum Gasteiger partial charge on any atom is 0.321 e. The number of fused-ring (bicyclic) bond motifs is 2. The van der Waals surface area contributed by atoms with Gasteiger partial charge in [-0.05, 0) is 37.0 Å². The molecule has 0 N–H and O–H groups in total. The van der Waals surface area contributed by atoms with Gasteiger partial charge in [0.25, 0.3) is 0 Å². The van der Waals surface area contributed by atoms with Gasteiger partial charge in [-0.15, -0.1) is 11.6 Å². The highest BCUT2D eigenvalue weighted by Gasteiger charge is 2.47. The number of halogens is 1. The summed E-state index contributed by atoms with van der Waals surface area (Å²) in [5.74, 6) is 1.98. The van der Waals surface area contributed by atoms with Crippen LogP contribution < -0.4 is 0 Å². The van der Waals surface area contributed by atoms with Crippen LogP contribution in [0.3, 0.4) is 0 Å². The van der Waals surface area contributed by atoms with Crippen molar-refractivity contribution in [2.45, 2.75) is 51.6 Å². The maximum atomic E-state index is 11.2. The average molecular weight is 245 g/mol. The Balaban J connectivity index is 1.86. The van der Waals surface area contributed by atoms with Crippen molar-refractivity contribution in [1.82, 2.24) is 0 Å². The zero-order valence-corrected chi connectivity index (χ0v) is 10.7. The van der Waals surface area contributed by atoms with Gasteiger partial charge >= 0.3 is 5.97 Å². The van der Waals surface area contributed by atoms with Gasteiger partial charge in [0.1, 0.15) is 12.0 Å². The molecule has 0 aliphatic heterocycles. The summed E-state index contributed by atoms with van der Waals surface area (Å²) in [6.45, 7) is 2.23. The number of ether oxygens (including phenoxy) is 1. The molecule has 2 aliphatic rings. The van der Waals surface area contributed by atoms with Crippen molar-refractivity contribution in [3.05, 3.63) is 0 Å². The largest absolute Gasteiger partial charge is 0.461 e. The zero-order chi connectivity index (χ0) is 11.5. The Morgan fingerprint density at radius 3 is 2.81 bits per heavy atom. The highest BCUT2D eigenvalue weighted by atomic mass is 35.5. The van der Waals surface area contributed by atoms with E-state index in [4.69, 9.17) is 16.3 Å². The SMILES string of the molecule is CCCC[C@H]1C[C@H]2C[C@@H]1[C@H](OC(=O)CCl)C2. The number of rotatable bonds is 5. The van der Waals surface area contributed by atoms with Crippen LogP contribution in [-0.4, -0.2) is 18.0 Å². The van der Waals surface area contributed by atoms with E-state index in [0.29, 0.717) is 5.92 Å². The van der Waals surface area contributed by atoms with Crippen LogP contribution in [0.1, 0.15) is 45.4 Å². The Hall–Kier alpha value is -0.240. The van der Waals surface area contributed by atoms with Crippen molar-refractivity contribution in [3.8, 4) is 0 Å². The van der Waals surface area contributed by atoms with Crippen molar-refractivity contribution in [3.63, 3.8) is 0 Å². The van der Waals surface area contributed by atoms with E-state index >= 15 is 0 Å². The van der Waals surface area contributed by atoms with Gasteiger partial charge in [0, 0.05) is 0 Å². The molecule has 0 spiro atoms. The molecule has 0 aromatic rings. The third kappa shape index (κ3) is 2.53. The Morgan fingerprint density at radius 2 is 2.19 bits per heavy atom. The smallest absolute Gasteiger partial charge is 0.321 e. The predicted octanol–water partition coefficient (Wildman–Crippen LogP) is 3.37. The first-order valence-electron chi connectivity index (χ1n) is 6.50. The quantitative estimate of drug-likeness (QED) is 0.548. The molecule has 0 aromatic carbocycles. The highest BCUT2D eigenvalue weighted by Crippen LogP contribution is 2.51. The maximum absolute atomic E-state index is 11.2. The molecule has 2 bridgehead atoms. The lowest BCUT2D eigenvalue weighted by atomic mass is 9.83. The summed E-state index contributed by atoms with van der Waals surface area (Å²) in [6, 6.07) is 0. The summed E-state index contributed by atoms with van der Waals surface area (Å²) in [5, 5.41) is 0. The van der Waals surface area contributed by atoms with Gasteiger partial charge in [0.05, 0.1) is 0 Å². The molecule has 2 rings (SSSR count). The van der Waals surface area contributed by atoms with E-state index in [1.54, 1.807) is 0 Å². The van der Waals surface area contributed by atoms with Crippen molar-refractivity contribution < 1.29 is 9.53 Å². The molecule has 2 fully saturated rings. The van der Waals surface area contributed by atoms with Gasteiger partial charge in [-0.1, -0.05) is 26.2 Å². The minimum absolute atomic E-state index is 0.00644. The second kappa shape index (κ2) is 5.39. The molecule has 92 valence electrons. The van der Waals surface area contributed by atoms with Crippen LogP contribution in [-0.2, 0) is 9.53 Å². The molecule has 2 nitrogen and oxygen atoms in total. The monoisotopic (exact) mass is 244 g/mol. The zero-order valence-electron chi connectivity index (χ0n) is 9.95. The third-order valence-electron chi connectivity index (χ3n) is 4.21. The van der Waals surface area contributed by atoms with Gasteiger partial charge in [-0.3, -0.25) is 4.79 Å². The number of alkyl halides is 1. The Morgan fingerprint density at radius 1 is 1.38 bits per heavy atom. The number of unbranched alkanes of at least 4 members (excludes halogenated alkanes) is 1. The van der Waals surface area contributed by atoms with Gasteiger partial charge in [0.15, 0.2) is 0 Å². The lowest BCUT2D eigenvalue weighted by Crippen LogP contribution is -2.30. The van der Waals surface area contributed by atoms with Gasteiger partial charge in [-0.2, -0.15) is 0 Å². The third-order valence-corrected chi connectivity index (χ3v) is 4.43. The fraction of sp³-hybridized carbons (Fsp3) is 0.923. The molecule has 4 atom stereocenters. The molecule has 3 heteroatoms. The molecular weight excluding hydrogens is 224 g/mol. The van der Waals surface area contributed by atoms with Gasteiger partial charge in [0.2, 0.25) is 0 Å². The van der Waals surface area contributed by atoms with Crippen molar-refractivity contribution in [2.75, 3.05) is 5.88 Å². The van der Waals surface area contributed by atoms with E-state index in [-0.39, 0.29) is 18.0 Å². The molecule has 0 heterocycles. The van der Waals surface area contributed by atoms with Crippen LogP contribution in [0.15, 0.2) is 0 Å². The van der Waals surface area contributed by atoms with Crippen LogP contribution in [0.25, 0.3) is 0 Å². The van der Waals surface area contributed by atoms with Crippen LogP contribution in [0.2, 0.25) is 0 Å². The van der Waals surface area contributed by atoms with Crippen LogP contribution >= 0.6 is 11.6 Å². The molecule has 0 unspecified atom stereocenters. The van der Waals surface area contributed by atoms with E-state index in [0.717, 1.165) is 18.3 Å². The number of esters is 1. The van der Waals surface area contributed by atoms with Crippen molar-refractivity contribution in [1.29, 1.82) is 0 Å². The summed E-state index contributed by atoms with van der Waals surface area (Å²) in [4.78, 5) is 11.2. The van der Waals surface area contributed by atoms with E-state index in [1.807, 2.05) is 0 Å². The number of carbonyl (C=O) groups is 1. The number of hydrogen-bond acceptors (Lipinski definition) is 2. The summed E-state index contributed by atoms with van der Waals surface area (Å²) < 4.78 is 5.43. The first-order chi connectivity index (χ1) is 7.74. The lowest BCUT2D eigenvalue weighted by molar-refractivity contribution is -0.149. The molecule has 0 saturated heterocycles. The number of hydrogen-bond donors (Lipinski definition) is 0. The normalized spacial score (nSPS) is 36.6. The van der Waals surface area contributed by atoms with Crippen LogP contribution in [0.4, 0.5) is 0 Å². The minimum Gasteiger partial charge on any atom is -0.461 e. The number of carbonyl (C=O) groups excluding carboxylic acids is 1. The topological polar surface area (TPSA) is 26.3 Å². The Kier molecular flexibility index (Phi) is 4.12. The first-order valence-corrected chi connectivity index (χ1v) is 7.03. The molecule has 2 aliphatic carbocycles. The highest BCUT2D eigenvalue weighted by molar-refractivity contribution is 6.26. The molecule has 0 radical (unpaired) electrons. The minimum atomic E-state index is -0.242. The second-order valence-electron chi connectivity index (χ2n) is 5.30. The molecule has 2 saturated carbocycles. The van der Waals surface area contributed by atoms with E-state index in [1.165, 1.54) is 32.1 Å². The summed E-state index contributed by atoms with van der Waals surface area (Å²) in [6.07, 6.45) is 7.77. The van der Waals surface area contributed by atoms with E-state index < -0.39 is 0 Å². The average Bonchev–Trinajstić information content (AvgIpc) is 2.85. The van der Waals surface area contributed by atoms with Crippen molar-refractivity contribution in [2.24, 2.45) is 17.8 Å². The summed E-state index contributed by atoms with van der Waals surface area (Å²) in [5.41, 5.74) is 0. The molecule has 0 aromatic heterocycles. The molecular formula is C13H21ClO2. The summed E-state index contributed by atoms with van der Waals surface area (Å²) in [7, 11) is 0. The molecule has 0 amide bonds. The first kappa shape index (κ1) is 12.2. The van der Waals surface area contributed by atoms with E-state index in [9.17, 15) is 4.79 Å². The Bertz CT molecular complexity index is 254. The van der Waals surface area contributed by atoms with Gasteiger partial charge < -0.3 is 4.74 Å². The van der Waals surface area contributed by atoms with Crippen molar-refractivity contribution >= 4 is 17.6 Å². The van der Waals surface area contributed by atoms with Crippen LogP contribution in [0.5, 0.6) is 0 Å². The predicted molar refractivity (Wildman–Crippen MR) is 64.4 cm³/mol. The Labute approximate surface area is 103 Å². The second-order valence-corrected chi connectivity index (χ2v) is 5.57. The fourth-order valence-electron chi connectivity index (χ4n) is 3.56. The fourth-order valence-corrected chi connectivity index (χ4v) is 3.62. The van der Waals surface area contributed by atoms with E-state index in [2.05, 4.69) is 6.92 Å². The molecule has 16 heavy (non-hydrogen) atoms.